The summed E-state index contributed by atoms with van der Waals surface area (Å²) < 4.78 is 74.5. The highest BCUT2D eigenvalue weighted by Crippen LogP contribution is 2.41. The Morgan fingerprint density at radius 2 is 0.923 bits per heavy atom. The number of esters is 6. The lowest BCUT2D eigenvalue weighted by atomic mass is 9.99. The molecule has 2 fully saturated rings. The van der Waals surface area contributed by atoms with Crippen molar-refractivity contribution in [3.63, 3.8) is 0 Å². The van der Waals surface area contributed by atoms with Crippen LogP contribution in [-0.2, 0) is 66.7 Å². The molecule has 2 aromatic heterocycles. The SMILES string of the molecule is CC(=O)OC[C@H]1O[C@@H](S[C@@H]2O[C@H](COC(C)=O)[C@H](OC(C)=O)[C@H](On3cc(-c4cccc(F)c4)nn3)[C@H]2OC(C)=O)[C@H](OC(C)=O)[C@@H](On2cc(-c3cccc(F)c3)nn2)[C@H]1OC(C)=O. The van der Waals surface area contributed by atoms with Crippen molar-refractivity contribution in [3.05, 3.63) is 72.6 Å². The van der Waals surface area contributed by atoms with E-state index in [1.54, 1.807) is 12.1 Å². The van der Waals surface area contributed by atoms with Crippen LogP contribution >= 0.6 is 11.8 Å². The molecular weight excluding hydrogens is 891 g/mol. The molecule has 10 atom stereocenters. The minimum atomic E-state index is -1.60. The van der Waals surface area contributed by atoms with Crippen LogP contribution in [-0.4, -0.2) is 139 Å². The van der Waals surface area contributed by atoms with Crippen molar-refractivity contribution in [1.29, 1.82) is 0 Å². The van der Waals surface area contributed by atoms with Crippen molar-refractivity contribution in [3.8, 4) is 22.5 Å². The number of halogens is 2. The molecule has 348 valence electrons. The minimum Gasteiger partial charge on any atom is -0.463 e. The second-order valence-corrected chi connectivity index (χ2v) is 15.5. The molecule has 0 radical (unpaired) electrons. The van der Waals surface area contributed by atoms with Crippen molar-refractivity contribution in [1.82, 2.24) is 30.3 Å². The fourth-order valence-corrected chi connectivity index (χ4v) is 8.14. The molecule has 0 aliphatic carbocycles. The van der Waals surface area contributed by atoms with Crippen molar-refractivity contribution in [2.45, 2.75) is 101 Å². The Bertz CT molecular complexity index is 2210. The molecule has 0 unspecified atom stereocenters. The molecule has 4 heterocycles. The Labute approximate surface area is 371 Å². The van der Waals surface area contributed by atoms with E-state index in [2.05, 4.69) is 20.6 Å². The third kappa shape index (κ3) is 12.7. The van der Waals surface area contributed by atoms with Crippen LogP contribution in [0.4, 0.5) is 8.78 Å². The number of ether oxygens (including phenoxy) is 8. The molecule has 0 bridgehead atoms. The molecule has 2 aliphatic heterocycles. The summed E-state index contributed by atoms with van der Waals surface area (Å²) in [6.07, 6.45) is -9.57. The van der Waals surface area contributed by atoms with E-state index >= 15 is 0 Å². The van der Waals surface area contributed by atoms with Crippen molar-refractivity contribution in [2.24, 2.45) is 0 Å². The molecule has 2 aliphatic rings. The summed E-state index contributed by atoms with van der Waals surface area (Å²) in [6.45, 7) is 5.42. The number of aromatic nitrogens is 6. The maximum atomic E-state index is 14.1. The van der Waals surface area contributed by atoms with Gasteiger partial charge in [-0.15, -0.1) is 10.2 Å². The zero-order chi connectivity index (χ0) is 46.9. The third-order valence-electron chi connectivity index (χ3n) is 9.21. The van der Waals surface area contributed by atoms with E-state index in [9.17, 15) is 37.5 Å². The highest BCUT2D eigenvalue weighted by atomic mass is 32.2. The highest BCUT2D eigenvalue weighted by molar-refractivity contribution is 8.00. The Kier molecular flexibility index (Phi) is 15.6. The second-order valence-electron chi connectivity index (χ2n) is 14.3. The summed E-state index contributed by atoms with van der Waals surface area (Å²) in [4.78, 5) is 89.4. The monoisotopic (exact) mass is 932 g/mol. The summed E-state index contributed by atoms with van der Waals surface area (Å²) in [5, 5.41) is 16.0. The molecule has 22 nitrogen and oxygen atoms in total. The number of nitrogens with zero attached hydrogens (tertiary/aromatic N) is 6. The van der Waals surface area contributed by atoms with Crippen molar-refractivity contribution >= 4 is 47.6 Å². The van der Waals surface area contributed by atoms with E-state index < -0.39 is 120 Å². The van der Waals surface area contributed by atoms with E-state index in [4.69, 9.17) is 47.6 Å². The van der Waals surface area contributed by atoms with Gasteiger partial charge < -0.3 is 47.6 Å². The smallest absolute Gasteiger partial charge is 0.303 e. The first kappa shape index (κ1) is 47.7. The lowest BCUT2D eigenvalue weighted by Gasteiger charge is -2.47. The van der Waals surface area contributed by atoms with Crippen molar-refractivity contribution < 1.29 is 85.1 Å². The van der Waals surface area contributed by atoms with Gasteiger partial charge >= 0.3 is 35.8 Å². The van der Waals surface area contributed by atoms with Gasteiger partial charge in [0.1, 0.15) is 59.3 Å². The van der Waals surface area contributed by atoms with Crippen LogP contribution < -0.4 is 9.68 Å². The Balaban J connectivity index is 1.42. The van der Waals surface area contributed by atoms with Gasteiger partial charge in [0, 0.05) is 52.7 Å². The summed E-state index contributed by atoms with van der Waals surface area (Å²) in [5.74, 6) is -6.10. The zero-order valence-corrected chi connectivity index (χ0v) is 36.2. The van der Waals surface area contributed by atoms with Crippen LogP contribution in [0.3, 0.4) is 0 Å². The van der Waals surface area contributed by atoms with E-state index in [1.165, 1.54) is 48.8 Å². The van der Waals surface area contributed by atoms with Crippen LogP contribution in [0.25, 0.3) is 22.5 Å². The Morgan fingerprint density at radius 3 is 1.26 bits per heavy atom. The summed E-state index contributed by atoms with van der Waals surface area (Å²) in [7, 11) is 0. The Hall–Kier alpha value is -6.73. The first-order valence-corrected chi connectivity index (χ1v) is 20.5. The zero-order valence-electron chi connectivity index (χ0n) is 35.3. The molecule has 6 rings (SSSR count). The van der Waals surface area contributed by atoms with Crippen LogP contribution in [0.5, 0.6) is 0 Å². The van der Waals surface area contributed by atoms with Gasteiger partial charge in [0.25, 0.3) is 0 Å². The van der Waals surface area contributed by atoms with Gasteiger partial charge in [-0.2, -0.15) is 0 Å². The number of thioether (sulfide) groups is 1. The molecule has 2 aromatic carbocycles. The average molecular weight is 933 g/mol. The molecule has 0 spiro atoms. The molecule has 0 amide bonds. The van der Waals surface area contributed by atoms with E-state index in [0.717, 1.165) is 51.2 Å². The molecule has 0 N–H and O–H groups in total. The van der Waals surface area contributed by atoms with Gasteiger partial charge in [-0.05, 0) is 34.7 Å². The standard InChI is InChI=1S/C40H42F2N6O16S/c1-19(49)55-17-31-33(57-21(3)51)35(63-47-15-29(43-45-47)25-9-7-11-27(41)13-25)37(59-23(5)53)39(61-31)65-40-38(60-24(6)54)36(34(58-22(4)52)32(62-40)18-56-20(2)50)64-48-16-30(44-46-48)26-10-8-12-28(42)14-26/h7-16,31-40H,17-18H2,1-6H3/t31-,32-,33+,34+,35+,36+,37-,38-,39+,40+/m1/s1. The normalized spacial score (nSPS) is 25.0. The molecular formula is C40H42F2N6O16S. The third-order valence-corrected chi connectivity index (χ3v) is 10.5. The predicted octanol–water partition coefficient (Wildman–Crippen LogP) is 1.81. The first-order chi connectivity index (χ1) is 30.9. The quantitative estimate of drug-likeness (QED) is 0.115. The summed E-state index contributed by atoms with van der Waals surface area (Å²) in [5.41, 5.74) is -2.05. The fourth-order valence-electron chi connectivity index (χ4n) is 6.73. The number of carbonyl (C=O) groups is 6. The first-order valence-electron chi connectivity index (χ1n) is 19.6. The number of carbonyl (C=O) groups excluding carboxylic acids is 6. The number of benzene rings is 2. The van der Waals surface area contributed by atoms with Gasteiger partial charge in [0.05, 0.1) is 12.4 Å². The van der Waals surface area contributed by atoms with Crippen LogP contribution in [0.2, 0.25) is 0 Å². The Morgan fingerprint density at radius 1 is 0.554 bits per heavy atom. The molecule has 65 heavy (non-hydrogen) atoms. The highest BCUT2D eigenvalue weighted by Gasteiger charge is 2.58. The van der Waals surface area contributed by atoms with Gasteiger partial charge in [-0.25, -0.2) is 8.78 Å². The second kappa shape index (κ2) is 21.3. The van der Waals surface area contributed by atoms with Crippen LogP contribution in [0.15, 0.2) is 60.9 Å². The van der Waals surface area contributed by atoms with Crippen LogP contribution in [0, 0.1) is 11.6 Å². The van der Waals surface area contributed by atoms with E-state index in [0.29, 0.717) is 22.9 Å². The molecule has 2 saturated heterocycles. The van der Waals surface area contributed by atoms with E-state index in [1.807, 2.05) is 0 Å². The predicted molar refractivity (Wildman–Crippen MR) is 212 cm³/mol. The minimum absolute atomic E-state index is 0.148. The average Bonchev–Trinajstić information content (AvgIpc) is 3.90. The molecule has 25 heteroatoms. The van der Waals surface area contributed by atoms with Gasteiger partial charge in [-0.3, -0.25) is 28.8 Å². The van der Waals surface area contributed by atoms with Gasteiger partial charge in [0.2, 0.25) is 12.2 Å². The molecule has 4 aromatic rings. The van der Waals surface area contributed by atoms with Gasteiger partial charge in [-0.1, -0.05) is 45.7 Å². The van der Waals surface area contributed by atoms with Crippen LogP contribution in [0.1, 0.15) is 41.5 Å². The van der Waals surface area contributed by atoms with Crippen molar-refractivity contribution in [2.75, 3.05) is 13.2 Å². The largest absolute Gasteiger partial charge is 0.463 e. The summed E-state index contributed by atoms with van der Waals surface area (Å²) >= 11 is 0.701. The fraction of sp³-hybridized carbons (Fsp3) is 0.450. The maximum Gasteiger partial charge on any atom is 0.303 e. The lowest BCUT2D eigenvalue weighted by molar-refractivity contribution is -0.248. The number of hydrogen-bond acceptors (Lipinski definition) is 21. The topological polar surface area (TPSA) is 256 Å². The van der Waals surface area contributed by atoms with Gasteiger partial charge in [0.15, 0.2) is 24.4 Å². The summed E-state index contributed by atoms with van der Waals surface area (Å²) in [6, 6.07) is 10.9. The number of rotatable bonds is 16. The lowest BCUT2D eigenvalue weighted by Crippen LogP contribution is -2.66. The maximum absolute atomic E-state index is 14.1. The van der Waals surface area contributed by atoms with E-state index in [-0.39, 0.29) is 11.4 Å². The number of hydrogen-bond donors (Lipinski definition) is 0. The molecule has 0 saturated carbocycles.